The van der Waals surface area contributed by atoms with Crippen LogP contribution in [-0.4, -0.2) is 28.6 Å². The lowest BCUT2D eigenvalue weighted by Crippen LogP contribution is -2.22. The molecule has 1 unspecified atom stereocenters. The van der Waals surface area contributed by atoms with Gasteiger partial charge in [0.15, 0.2) is 0 Å². The Bertz CT molecular complexity index is 1600. The van der Waals surface area contributed by atoms with E-state index >= 15 is 0 Å². The number of hydrogen-bond acceptors (Lipinski definition) is 6. The first-order chi connectivity index (χ1) is 16.8. The maximum absolute atomic E-state index is 12.4. The van der Waals surface area contributed by atoms with Crippen LogP contribution < -0.4 is 16.7 Å². The van der Waals surface area contributed by atoms with Crippen molar-refractivity contribution in [3.05, 3.63) is 92.5 Å². The summed E-state index contributed by atoms with van der Waals surface area (Å²) >= 11 is 6.22. The second kappa shape index (κ2) is 8.96. The van der Waals surface area contributed by atoms with Crippen LogP contribution in [0.4, 0.5) is 5.95 Å². The fourth-order valence-electron chi connectivity index (χ4n) is 4.37. The second-order valence-electron chi connectivity index (χ2n) is 8.40. The second-order valence-corrected chi connectivity index (χ2v) is 8.84. The van der Waals surface area contributed by atoms with Crippen molar-refractivity contribution >= 4 is 45.5 Å². The van der Waals surface area contributed by atoms with Crippen LogP contribution in [0.5, 0.6) is 0 Å². The molecule has 1 aliphatic carbocycles. The highest BCUT2D eigenvalue weighted by Crippen LogP contribution is 2.30. The van der Waals surface area contributed by atoms with Gasteiger partial charge in [-0.1, -0.05) is 29.8 Å². The first-order valence-corrected chi connectivity index (χ1v) is 11.4. The van der Waals surface area contributed by atoms with Gasteiger partial charge in [-0.05, 0) is 54.8 Å². The van der Waals surface area contributed by atoms with Crippen molar-refractivity contribution in [2.24, 2.45) is 5.73 Å². The third-order valence-corrected chi connectivity index (χ3v) is 6.36. The number of fused-ring (bicyclic) bond motifs is 2. The summed E-state index contributed by atoms with van der Waals surface area (Å²) in [6.07, 6.45) is 6.70. The fourth-order valence-corrected chi connectivity index (χ4v) is 4.58. The van der Waals surface area contributed by atoms with Crippen molar-refractivity contribution in [2.75, 3.05) is 12.4 Å². The summed E-state index contributed by atoms with van der Waals surface area (Å²) in [6.45, 7) is 2.17. The highest BCUT2D eigenvalue weighted by Gasteiger charge is 2.20. The average Bonchev–Trinajstić information content (AvgIpc) is 3.14. The number of imidazole rings is 1. The largest absolute Gasteiger partial charge is 0.497 e. The van der Waals surface area contributed by atoms with Crippen LogP contribution in [0.3, 0.4) is 0 Å². The van der Waals surface area contributed by atoms with E-state index in [-0.39, 0.29) is 11.6 Å². The number of primary amides is 1. The van der Waals surface area contributed by atoms with Gasteiger partial charge in [0.25, 0.3) is 5.91 Å². The lowest BCUT2D eigenvalue weighted by molar-refractivity contribution is 0.0996. The molecular formula is C26H23ClN4O4. The van der Waals surface area contributed by atoms with Crippen LogP contribution in [0.25, 0.3) is 22.0 Å². The van der Waals surface area contributed by atoms with E-state index in [1.165, 1.54) is 0 Å². The number of ether oxygens (including phenoxy) is 1. The van der Waals surface area contributed by atoms with Gasteiger partial charge in [-0.2, -0.15) is 0 Å². The van der Waals surface area contributed by atoms with Crippen LogP contribution >= 0.6 is 11.6 Å². The normalized spacial score (nSPS) is 15.4. The highest BCUT2D eigenvalue weighted by molar-refractivity contribution is 6.30. The third kappa shape index (κ3) is 4.28. The number of rotatable bonds is 6. The smallest absolute Gasteiger partial charge is 0.349 e. The molecule has 0 saturated heterocycles. The molecule has 0 aliphatic heterocycles. The van der Waals surface area contributed by atoms with E-state index in [2.05, 4.69) is 5.32 Å². The van der Waals surface area contributed by atoms with Crippen LogP contribution in [0.2, 0.25) is 5.02 Å². The number of nitrogens with two attached hydrogens (primary N) is 1. The van der Waals surface area contributed by atoms with E-state index in [0.717, 1.165) is 23.3 Å². The molecule has 9 heteroatoms. The summed E-state index contributed by atoms with van der Waals surface area (Å²) < 4.78 is 12.8. The molecule has 1 aliphatic rings. The van der Waals surface area contributed by atoms with Gasteiger partial charge in [0, 0.05) is 16.5 Å². The van der Waals surface area contributed by atoms with E-state index in [9.17, 15) is 9.59 Å². The molecule has 4 aromatic rings. The van der Waals surface area contributed by atoms with Crippen molar-refractivity contribution in [1.82, 2.24) is 9.55 Å². The maximum atomic E-state index is 12.4. The Morgan fingerprint density at radius 2 is 2.17 bits per heavy atom. The summed E-state index contributed by atoms with van der Waals surface area (Å²) in [5.41, 5.74) is 7.77. The van der Waals surface area contributed by atoms with Gasteiger partial charge < -0.3 is 24.8 Å². The van der Waals surface area contributed by atoms with Gasteiger partial charge in [0.2, 0.25) is 5.95 Å². The molecule has 0 spiro atoms. The van der Waals surface area contributed by atoms with Crippen LogP contribution in [0.15, 0.2) is 69.6 Å². The van der Waals surface area contributed by atoms with Crippen molar-refractivity contribution in [3.8, 4) is 0 Å². The molecule has 3 N–H and O–H groups in total. The van der Waals surface area contributed by atoms with Crippen LogP contribution in [0, 0.1) is 6.92 Å². The lowest BCUT2D eigenvalue weighted by atomic mass is 10.1. The molecule has 0 fully saturated rings. The molecule has 8 nitrogen and oxygen atoms in total. The van der Waals surface area contributed by atoms with Crippen molar-refractivity contribution in [1.29, 1.82) is 0 Å². The zero-order valence-electron chi connectivity index (χ0n) is 19.2. The fraction of sp³-hybridized carbons (Fsp3) is 0.192. The Hall–Kier alpha value is -4.04. The molecule has 1 amide bonds. The number of amides is 1. The van der Waals surface area contributed by atoms with Gasteiger partial charge in [-0.15, -0.1) is 0 Å². The van der Waals surface area contributed by atoms with Gasteiger partial charge in [-0.3, -0.25) is 4.79 Å². The molecular weight excluding hydrogens is 468 g/mol. The number of nitrogens with one attached hydrogen (secondary N) is 1. The Morgan fingerprint density at radius 1 is 1.34 bits per heavy atom. The van der Waals surface area contributed by atoms with E-state index in [1.54, 1.807) is 20.1 Å². The number of carbonyl (C=O) groups is 1. The number of aromatic nitrogens is 2. The Labute approximate surface area is 205 Å². The molecule has 35 heavy (non-hydrogen) atoms. The number of benzene rings is 2. The number of aryl methyl sites for hydroxylation is 1. The predicted molar refractivity (Wildman–Crippen MR) is 136 cm³/mol. The Morgan fingerprint density at radius 3 is 2.86 bits per heavy atom. The predicted octanol–water partition coefficient (Wildman–Crippen LogP) is 4.52. The number of hydrogen-bond donors (Lipinski definition) is 2. The third-order valence-electron chi connectivity index (χ3n) is 6.13. The first kappa shape index (κ1) is 22.7. The van der Waals surface area contributed by atoms with Gasteiger partial charge >= 0.3 is 5.63 Å². The van der Waals surface area contributed by atoms with Crippen molar-refractivity contribution in [2.45, 2.75) is 25.9 Å². The van der Waals surface area contributed by atoms with Crippen molar-refractivity contribution < 1.29 is 13.9 Å². The molecule has 0 bridgehead atoms. The minimum atomic E-state index is -0.820. The Balaban J connectivity index is 1.66. The number of allylic oxidation sites excluding steroid dienone is 1. The molecule has 1 atom stereocenters. The summed E-state index contributed by atoms with van der Waals surface area (Å²) in [5, 5.41) is 4.74. The highest BCUT2D eigenvalue weighted by atomic mass is 35.5. The van der Waals surface area contributed by atoms with Gasteiger partial charge in [0.05, 0.1) is 30.7 Å². The molecule has 2 heterocycles. The van der Waals surface area contributed by atoms with E-state index in [4.69, 9.17) is 31.5 Å². The summed E-state index contributed by atoms with van der Waals surface area (Å²) in [5.74, 6) is 0.645. The standard InChI is InChI=1S/C26H23ClN4O4/c1-14-19-11-20-21(12-22(19)35-25(33)23(14)24(28)32)31(13-15-4-3-5-16(27)10-15)26(30-20)29-17-6-8-18(34-2)9-7-17/h3-6,8-12,17H,7,13H2,1-2H3,(H2,28,32)(H,29,30). The topological polar surface area (TPSA) is 112 Å². The maximum Gasteiger partial charge on any atom is 0.349 e. The first-order valence-electron chi connectivity index (χ1n) is 11.0. The molecule has 2 aromatic carbocycles. The molecule has 0 saturated carbocycles. The van der Waals surface area contributed by atoms with Gasteiger partial charge in [0.1, 0.15) is 16.9 Å². The number of nitrogens with zero attached hydrogens (tertiary/aromatic N) is 2. The number of carbonyl (C=O) groups excluding carboxylic acids is 1. The zero-order chi connectivity index (χ0) is 24.7. The number of methoxy groups -OCH3 is 1. The molecule has 178 valence electrons. The SMILES string of the molecule is COC1=CCC(Nc2nc3cc4c(C)c(C(N)=O)c(=O)oc4cc3n2Cc2cccc(Cl)c2)C=C1. The van der Waals surface area contributed by atoms with Crippen molar-refractivity contribution in [3.63, 3.8) is 0 Å². The monoisotopic (exact) mass is 490 g/mol. The van der Waals surface area contributed by atoms with E-state index in [1.807, 2.05) is 53.1 Å². The minimum Gasteiger partial charge on any atom is -0.497 e. The summed E-state index contributed by atoms with van der Waals surface area (Å²) in [4.78, 5) is 29.1. The van der Waals surface area contributed by atoms with E-state index < -0.39 is 11.5 Å². The minimum absolute atomic E-state index is 0.0133. The van der Waals surface area contributed by atoms with Crippen LogP contribution in [-0.2, 0) is 11.3 Å². The zero-order valence-corrected chi connectivity index (χ0v) is 19.9. The average molecular weight is 491 g/mol. The Kier molecular flexibility index (Phi) is 5.82. The molecule has 0 radical (unpaired) electrons. The number of halogens is 1. The summed E-state index contributed by atoms with van der Waals surface area (Å²) in [7, 11) is 1.64. The van der Waals surface area contributed by atoms with Crippen LogP contribution in [0.1, 0.15) is 27.9 Å². The molecule has 5 rings (SSSR count). The van der Waals surface area contributed by atoms with Gasteiger partial charge in [-0.25, -0.2) is 9.78 Å². The summed E-state index contributed by atoms with van der Waals surface area (Å²) in [6, 6.07) is 11.2. The quantitative estimate of drug-likeness (QED) is 0.384. The van der Waals surface area contributed by atoms with E-state index in [0.29, 0.717) is 39.6 Å². The lowest BCUT2D eigenvalue weighted by Gasteiger charge is -2.19. The number of anilines is 1. The molecule has 2 aromatic heterocycles.